The summed E-state index contributed by atoms with van der Waals surface area (Å²) in [7, 11) is 0. The van der Waals surface area contributed by atoms with Gasteiger partial charge in [-0.15, -0.1) is 0 Å². The third-order valence-corrected chi connectivity index (χ3v) is 4.49. The normalized spacial score (nSPS) is 19.0. The van der Waals surface area contributed by atoms with Crippen LogP contribution in [0.2, 0.25) is 0 Å². The largest absolute Gasteiger partial charge is 0.444 e. The molecule has 0 aromatic heterocycles. The maximum absolute atomic E-state index is 14.8. The average molecular weight is 355 g/mol. The van der Waals surface area contributed by atoms with Crippen molar-refractivity contribution in [1.82, 2.24) is 5.32 Å². The first-order valence-electron chi connectivity index (χ1n) is 8.55. The SMILES string of the molecule is C[C@@H](NC(=O)OC(C)(C)C)c1cccc(C(F)(F)[C@](C)(O)C2CC2)c1. The van der Waals surface area contributed by atoms with E-state index in [0.717, 1.165) is 0 Å². The standard InChI is InChI=1S/C19H27F2NO3/c1-12(22-16(23)25-17(2,3)4)13-7-6-8-15(11-13)19(20,21)18(5,24)14-9-10-14/h6-8,11-12,14,24H,9-10H2,1-5H3,(H,22,23)/t12-,18-/m1/s1. The van der Waals surface area contributed by atoms with Gasteiger partial charge < -0.3 is 15.2 Å². The van der Waals surface area contributed by atoms with E-state index in [1.165, 1.54) is 25.1 Å². The predicted octanol–water partition coefficient (Wildman–Crippen LogP) is 4.53. The van der Waals surface area contributed by atoms with E-state index < -0.39 is 29.3 Å². The molecule has 2 N–H and O–H groups in total. The number of amides is 1. The Hall–Kier alpha value is -1.69. The molecule has 1 saturated carbocycles. The molecule has 0 aliphatic heterocycles. The quantitative estimate of drug-likeness (QED) is 0.816. The minimum Gasteiger partial charge on any atom is -0.444 e. The highest BCUT2D eigenvalue weighted by Gasteiger charge is 2.58. The number of halogens is 2. The van der Waals surface area contributed by atoms with Gasteiger partial charge in [-0.3, -0.25) is 0 Å². The number of alkyl halides is 2. The molecule has 0 heterocycles. The van der Waals surface area contributed by atoms with Crippen molar-refractivity contribution < 1.29 is 23.4 Å². The lowest BCUT2D eigenvalue weighted by molar-refractivity contribution is -0.189. The summed E-state index contributed by atoms with van der Waals surface area (Å²) < 4.78 is 34.8. The van der Waals surface area contributed by atoms with Crippen molar-refractivity contribution in [1.29, 1.82) is 0 Å². The van der Waals surface area contributed by atoms with Crippen LogP contribution in [0.25, 0.3) is 0 Å². The third-order valence-electron chi connectivity index (χ3n) is 4.49. The Kier molecular flexibility index (Phi) is 5.15. The van der Waals surface area contributed by atoms with Crippen molar-refractivity contribution in [3.63, 3.8) is 0 Å². The first-order valence-corrected chi connectivity index (χ1v) is 8.55. The molecular formula is C19H27F2NO3. The molecule has 2 rings (SSSR count). The van der Waals surface area contributed by atoms with E-state index in [9.17, 15) is 18.7 Å². The maximum atomic E-state index is 14.8. The van der Waals surface area contributed by atoms with Crippen molar-refractivity contribution in [3.05, 3.63) is 35.4 Å². The molecule has 1 fully saturated rings. The Bertz CT molecular complexity index is 634. The Morgan fingerprint density at radius 2 is 1.88 bits per heavy atom. The summed E-state index contributed by atoms with van der Waals surface area (Å²) in [4.78, 5) is 11.9. The molecule has 1 aromatic carbocycles. The van der Waals surface area contributed by atoms with Crippen LogP contribution in [0.5, 0.6) is 0 Å². The van der Waals surface area contributed by atoms with Crippen LogP contribution in [0.1, 0.15) is 64.6 Å². The van der Waals surface area contributed by atoms with Gasteiger partial charge in [0.1, 0.15) is 11.2 Å². The molecule has 4 nitrogen and oxygen atoms in total. The zero-order chi connectivity index (χ0) is 19.0. The van der Waals surface area contributed by atoms with E-state index in [4.69, 9.17) is 4.74 Å². The van der Waals surface area contributed by atoms with Crippen molar-refractivity contribution in [3.8, 4) is 0 Å². The topological polar surface area (TPSA) is 58.6 Å². The number of benzene rings is 1. The average Bonchev–Trinajstić information content (AvgIpc) is 3.30. The minimum atomic E-state index is -3.37. The number of aliphatic hydroxyl groups is 1. The van der Waals surface area contributed by atoms with E-state index in [0.29, 0.717) is 18.4 Å². The van der Waals surface area contributed by atoms with E-state index in [2.05, 4.69) is 5.32 Å². The molecule has 1 aliphatic carbocycles. The zero-order valence-corrected chi connectivity index (χ0v) is 15.4. The second-order valence-corrected chi connectivity index (χ2v) is 7.99. The highest BCUT2D eigenvalue weighted by atomic mass is 19.3. The lowest BCUT2D eigenvalue weighted by Crippen LogP contribution is -2.45. The molecule has 2 atom stereocenters. The molecular weight excluding hydrogens is 328 g/mol. The first kappa shape index (κ1) is 19.6. The van der Waals surface area contributed by atoms with Gasteiger partial charge in [0, 0.05) is 5.56 Å². The number of hydrogen-bond donors (Lipinski definition) is 2. The van der Waals surface area contributed by atoms with E-state index in [1.54, 1.807) is 33.8 Å². The highest BCUT2D eigenvalue weighted by Crippen LogP contribution is 2.51. The van der Waals surface area contributed by atoms with Gasteiger partial charge in [0.2, 0.25) is 0 Å². The molecule has 1 amide bonds. The number of alkyl carbamates (subject to hydrolysis) is 1. The van der Waals surface area contributed by atoms with Crippen LogP contribution in [0, 0.1) is 5.92 Å². The summed E-state index contributed by atoms with van der Waals surface area (Å²) in [5.41, 5.74) is -2.44. The summed E-state index contributed by atoms with van der Waals surface area (Å²) in [5, 5.41) is 12.9. The zero-order valence-electron chi connectivity index (χ0n) is 15.4. The van der Waals surface area contributed by atoms with Gasteiger partial charge in [0.15, 0.2) is 0 Å². The lowest BCUT2D eigenvalue weighted by Gasteiger charge is -2.33. The summed E-state index contributed by atoms with van der Waals surface area (Å²) in [5.74, 6) is -3.75. The molecule has 0 radical (unpaired) electrons. The van der Waals surface area contributed by atoms with Crippen LogP contribution in [0.4, 0.5) is 13.6 Å². The summed E-state index contributed by atoms with van der Waals surface area (Å²) in [6, 6.07) is 5.30. The second-order valence-electron chi connectivity index (χ2n) is 7.99. The van der Waals surface area contributed by atoms with Crippen LogP contribution < -0.4 is 5.32 Å². The van der Waals surface area contributed by atoms with Gasteiger partial charge in [-0.25, -0.2) is 4.79 Å². The summed E-state index contributed by atoms with van der Waals surface area (Å²) in [6.45, 7) is 8.13. The van der Waals surface area contributed by atoms with Crippen molar-refractivity contribution in [2.45, 2.75) is 70.6 Å². The van der Waals surface area contributed by atoms with Gasteiger partial charge in [-0.05, 0) is 65.0 Å². The molecule has 0 saturated heterocycles. The van der Waals surface area contributed by atoms with Crippen molar-refractivity contribution in [2.75, 3.05) is 0 Å². The summed E-state index contributed by atoms with van der Waals surface area (Å²) in [6.07, 6.45) is 0.611. The molecule has 6 heteroatoms. The third kappa shape index (κ3) is 4.48. The Labute approximate surface area is 147 Å². The van der Waals surface area contributed by atoms with Crippen LogP contribution in [-0.2, 0) is 10.7 Å². The second kappa shape index (κ2) is 6.56. The molecule has 0 spiro atoms. The minimum absolute atomic E-state index is 0.250. The van der Waals surface area contributed by atoms with Crippen molar-refractivity contribution >= 4 is 6.09 Å². The lowest BCUT2D eigenvalue weighted by atomic mass is 9.86. The molecule has 0 bridgehead atoms. The van der Waals surface area contributed by atoms with E-state index >= 15 is 0 Å². The fraction of sp³-hybridized carbons (Fsp3) is 0.632. The molecule has 140 valence electrons. The fourth-order valence-corrected chi connectivity index (χ4v) is 2.77. The first-order chi connectivity index (χ1) is 11.3. The Morgan fingerprint density at radius 1 is 1.28 bits per heavy atom. The van der Waals surface area contributed by atoms with E-state index in [1.807, 2.05) is 0 Å². The van der Waals surface area contributed by atoms with Crippen LogP contribution in [-0.4, -0.2) is 22.4 Å². The molecule has 0 unspecified atom stereocenters. The Balaban J connectivity index is 2.16. The number of nitrogens with one attached hydrogen (secondary N) is 1. The molecule has 25 heavy (non-hydrogen) atoms. The van der Waals surface area contributed by atoms with Gasteiger partial charge in [-0.1, -0.05) is 18.2 Å². The number of rotatable bonds is 5. The molecule has 1 aliphatic rings. The van der Waals surface area contributed by atoms with Crippen LogP contribution in [0.3, 0.4) is 0 Å². The van der Waals surface area contributed by atoms with Gasteiger partial charge >= 0.3 is 12.0 Å². The van der Waals surface area contributed by atoms with Crippen LogP contribution >= 0.6 is 0 Å². The number of hydrogen-bond acceptors (Lipinski definition) is 3. The number of carbonyl (C=O) groups excluding carboxylic acids is 1. The maximum Gasteiger partial charge on any atom is 0.408 e. The van der Waals surface area contributed by atoms with Gasteiger partial charge in [-0.2, -0.15) is 8.78 Å². The fourth-order valence-electron chi connectivity index (χ4n) is 2.77. The predicted molar refractivity (Wildman–Crippen MR) is 91.5 cm³/mol. The smallest absolute Gasteiger partial charge is 0.408 e. The summed E-state index contributed by atoms with van der Waals surface area (Å²) >= 11 is 0. The van der Waals surface area contributed by atoms with Crippen LogP contribution in [0.15, 0.2) is 24.3 Å². The number of carbonyl (C=O) groups is 1. The molecule has 1 aromatic rings. The van der Waals surface area contributed by atoms with Crippen molar-refractivity contribution in [2.24, 2.45) is 5.92 Å². The number of ether oxygens (including phenoxy) is 1. The van der Waals surface area contributed by atoms with Gasteiger partial charge in [0.05, 0.1) is 6.04 Å². The van der Waals surface area contributed by atoms with E-state index in [-0.39, 0.29) is 11.5 Å². The monoisotopic (exact) mass is 355 g/mol. The Morgan fingerprint density at radius 3 is 2.40 bits per heavy atom. The highest BCUT2D eigenvalue weighted by molar-refractivity contribution is 5.68. The van der Waals surface area contributed by atoms with Gasteiger partial charge in [0.25, 0.3) is 0 Å².